The van der Waals surface area contributed by atoms with Crippen LogP contribution in [0.5, 0.6) is 0 Å². The van der Waals surface area contributed by atoms with Crippen LogP contribution in [0.1, 0.15) is 39.2 Å². The molecular weight excluding hydrogens is 330 g/mol. The van der Waals surface area contributed by atoms with E-state index >= 15 is 0 Å². The van der Waals surface area contributed by atoms with E-state index in [-0.39, 0.29) is 5.41 Å². The largest absolute Gasteiger partial charge is 0.387 e. The number of aromatic nitrogens is 3. The molecule has 1 heterocycles. The Hall–Kier alpha value is -1.04. The van der Waals surface area contributed by atoms with Gasteiger partial charge in [0.05, 0.1) is 12.1 Å². The van der Waals surface area contributed by atoms with Gasteiger partial charge in [-0.25, -0.2) is 9.67 Å². The van der Waals surface area contributed by atoms with Crippen LogP contribution in [-0.4, -0.2) is 25.5 Å². The van der Waals surface area contributed by atoms with Crippen molar-refractivity contribution < 1.29 is 5.11 Å². The van der Waals surface area contributed by atoms with Crippen molar-refractivity contribution in [2.45, 2.75) is 57.3 Å². The predicted molar refractivity (Wildman–Crippen MR) is 96.1 cm³/mol. The number of thiol groups is 1. The first kappa shape index (κ1) is 18.3. The Kier molecular flexibility index (Phi) is 5.76. The molecule has 0 spiro atoms. The Morgan fingerprint density at radius 1 is 1.22 bits per heavy atom. The Labute approximate surface area is 148 Å². The molecule has 0 aliphatic carbocycles. The van der Waals surface area contributed by atoms with Crippen LogP contribution in [0.25, 0.3) is 0 Å². The first-order chi connectivity index (χ1) is 10.7. The number of aryl methyl sites for hydroxylation is 1. The molecule has 1 aromatic heterocycles. The number of aliphatic hydroxyl groups is 1. The fraction of sp³-hybridized carbons (Fsp3) is 0.529. The van der Waals surface area contributed by atoms with Gasteiger partial charge in [0.15, 0.2) is 5.16 Å². The summed E-state index contributed by atoms with van der Waals surface area (Å²) in [6, 6.07) is 7.86. The molecule has 0 radical (unpaired) electrons. The highest BCUT2D eigenvalue weighted by Gasteiger charge is 2.40. The monoisotopic (exact) mass is 353 g/mol. The van der Waals surface area contributed by atoms with E-state index in [4.69, 9.17) is 11.6 Å². The van der Waals surface area contributed by atoms with Gasteiger partial charge in [-0.2, -0.15) is 5.10 Å². The highest BCUT2D eigenvalue weighted by Crippen LogP contribution is 2.36. The van der Waals surface area contributed by atoms with Crippen molar-refractivity contribution in [2.75, 3.05) is 0 Å². The van der Waals surface area contributed by atoms with Gasteiger partial charge in [-0.3, -0.25) is 0 Å². The summed E-state index contributed by atoms with van der Waals surface area (Å²) in [5, 5.41) is 16.6. The first-order valence-electron chi connectivity index (χ1n) is 7.75. The Bertz CT molecular complexity index is 636. The van der Waals surface area contributed by atoms with Crippen molar-refractivity contribution in [2.24, 2.45) is 5.41 Å². The molecule has 0 bridgehead atoms. The molecule has 0 amide bonds. The van der Waals surface area contributed by atoms with Crippen molar-refractivity contribution in [3.63, 3.8) is 0 Å². The maximum Gasteiger partial charge on any atom is 0.183 e. The van der Waals surface area contributed by atoms with Crippen molar-refractivity contribution in [1.29, 1.82) is 0 Å². The van der Waals surface area contributed by atoms with Gasteiger partial charge < -0.3 is 5.11 Å². The lowest BCUT2D eigenvalue weighted by Crippen LogP contribution is -2.47. The second kappa shape index (κ2) is 7.24. The number of hydrogen-bond donors (Lipinski definition) is 2. The zero-order valence-electron chi connectivity index (χ0n) is 13.8. The number of benzene rings is 1. The minimum Gasteiger partial charge on any atom is -0.387 e. The zero-order chi connectivity index (χ0) is 17.1. The molecule has 1 N–H and O–H groups in total. The lowest BCUT2D eigenvalue weighted by Gasteiger charge is -2.40. The molecule has 2 rings (SSSR count). The van der Waals surface area contributed by atoms with Crippen LogP contribution < -0.4 is 0 Å². The molecule has 0 aliphatic rings. The zero-order valence-corrected chi connectivity index (χ0v) is 15.5. The number of hydrogen-bond acceptors (Lipinski definition) is 4. The van der Waals surface area contributed by atoms with E-state index in [2.05, 4.69) is 22.7 Å². The maximum atomic E-state index is 11.2. The molecule has 1 aromatic carbocycles. The average Bonchev–Trinajstić information content (AvgIpc) is 2.85. The number of halogens is 1. The van der Waals surface area contributed by atoms with Gasteiger partial charge in [0, 0.05) is 5.02 Å². The van der Waals surface area contributed by atoms with Gasteiger partial charge in [0.1, 0.15) is 6.33 Å². The molecule has 0 saturated carbocycles. The van der Waals surface area contributed by atoms with Crippen LogP contribution in [0.2, 0.25) is 5.02 Å². The lowest BCUT2D eigenvalue weighted by atomic mass is 9.73. The summed E-state index contributed by atoms with van der Waals surface area (Å²) in [6.07, 6.45) is 3.91. The van der Waals surface area contributed by atoms with Gasteiger partial charge in [0.2, 0.25) is 0 Å². The number of rotatable bonds is 6. The Balaban J connectivity index is 2.04. The van der Waals surface area contributed by atoms with Crippen LogP contribution in [0.4, 0.5) is 0 Å². The molecular formula is C17H24ClN3OS. The third-order valence-electron chi connectivity index (χ3n) is 4.37. The molecule has 4 nitrogen and oxygen atoms in total. The molecule has 23 heavy (non-hydrogen) atoms. The molecule has 0 saturated heterocycles. The summed E-state index contributed by atoms with van der Waals surface area (Å²) < 4.78 is 1.65. The molecule has 2 aromatic rings. The Morgan fingerprint density at radius 3 is 2.39 bits per heavy atom. The summed E-state index contributed by atoms with van der Waals surface area (Å²) in [7, 11) is 0. The SMILES string of the molecule is CC(C)(C)C(O)(CCCc1ccc(Cl)cc1)Cn1ncnc1S. The van der Waals surface area contributed by atoms with E-state index < -0.39 is 5.60 Å². The van der Waals surface area contributed by atoms with Crippen molar-refractivity contribution in [3.05, 3.63) is 41.2 Å². The van der Waals surface area contributed by atoms with E-state index in [1.807, 2.05) is 45.0 Å². The molecule has 126 valence electrons. The third-order valence-corrected chi connectivity index (χ3v) is 4.97. The molecule has 6 heteroatoms. The van der Waals surface area contributed by atoms with Gasteiger partial charge in [-0.1, -0.05) is 44.5 Å². The van der Waals surface area contributed by atoms with Gasteiger partial charge in [-0.15, -0.1) is 12.6 Å². The summed E-state index contributed by atoms with van der Waals surface area (Å²) >= 11 is 10.2. The van der Waals surface area contributed by atoms with E-state index in [0.29, 0.717) is 18.1 Å². The smallest absolute Gasteiger partial charge is 0.183 e. The standard InChI is InChI=1S/C17H24ClN3OS/c1-16(2,3)17(22,11-21-15(23)19-12-20-21)10-4-5-13-6-8-14(18)9-7-13/h6-9,12,22H,4-5,10-11H2,1-3H3,(H,19,20,23). The minimum atomic E-state index is -0.884. The van der Waals surface area contributed by atoms with Gasteiger partial charge >= 0.3 is 0 Å². The maximum absolute atomic E-state index is 11.2. The summed E-state index contributed by atoms with van der Waals surface area (Å²) in [6.45, 7) is 6.52. The molecule has 1 atom stereocenters. The lowest BCUT2D eigenvalue weighted by molar-refractivity contribution is -0.0826. The molecule has 0 fully saturated rings. The first-order valence-corrected chi connectivity index (χ1v) is 8.57. The highest BCUT2D eigenvalue weighted by atomic mass is 35.5. The molecule has 1 unspecified atom stereocenters. The summed E-state index contributed by atoms with van der Waals surface area (Å²) in [5.41, 5.74) is 0.0605. The predicted octanol–water partition coefficient (Wildman–Crippen LogP) is 4.02. The van der Waals surface area contributed by atoms with Crippen molar-refractivity contribution in [1.82, 2.24) is 14.8 Å². The van der Waals surface area contributed by atoms with Crippen LogP contribution >= 0.6 is 24.2 Å². The van der Waals surface area contributed by atoms with Crippen molar-refractivity contribution >= 4 is 24.2 Å². The average molecular weight is 354 g/mol. The van der Waals surface area contributed by atoms with Crippen LogP contribution in [-0.2, 0) is 13.0 Å². The third kappa shape index (κ3) is 4.72. The van der Waals surface area contributed by atoms with E-state index in [1.165, 1.54) is 11.9 Å². The molecule has 0 aliphatic heterocycles. The van der Waals surface area contributed by atoms with E-state index in [0.717, 1.165) is 17.9 Å². The minimum absolute atomic E-state index is 0.279. The highest BCUT2D eigenvalue weighted by molar-refractivity contribution is 7.80. The van der Waals surface area contributed by atoms with Crippen LogP contribution in [0.15, 0.2) is 35.7 Å². The fourth-order valence-corrected chi connectivity index (χ4v) is 2.84. The Morgan fingerprint density at radius 2 is 1.87 bits per heavy atom. The van der Waals surface area contributed by atoms with Gasteiger partial charge in [0.25, 0.3) is 0 Å². The summed E-state index contributed by atoms with van der Waals surface area (Å²) in [4.78, 5) is 4.01. The second-order valence-corrected chi connectivity index (χ2v) is 7.82. The normalized spacial score (nSPS) is 14.7. The van der Waals surface area contributed by atoms with Crippen LogP contribution in [0, 0.1) is 5.41 Å². The fourth-order valence-electron chi connectivity index (χ4n) is 2.54. The topological polar surface area (TPSA) is 50.9 Å². The van der Waals surface area contributed by atoms with E-state index in [1.54, 1.807) is 4.68 Å². The quantitative estimate of drug-likeness (QED) is 0.771. The van der Waals surface area contributed by atoms with Crippen LogP contribution in [0.3, 0.4) is 0 Å². The van der Waals surface area contributed by atoms with Crippen molar-refractivity contribution in [3.8, 4) is 0 Å². The van der Waals surface area contributed by atoms with Gasteiger partial charge in [-0.05, 0) is 42.4 Å². The number of nitrogens with zero attached hydrogens (tertiary/aromatic N) is 3. The summed E-state index contributed by atoms with van der Waals surface area (Å²) in [5.74, 6) is 0. The van der Waals surface area contributed by atoms with E-state index in [9.17, 15) is 5.11 Å². The second-order valence-electron chi connectivity index (χ2n) is 6.98.